The van der Waals surface area contributed by atoms with Crippen LogP contribution in [0.2, 0.25) is 0 Å². The molecule has 0 saturated heterocycles. The zero-order valence-electron chi connectivity index (χ0n) is 3.56. The van der Waals surface area contributed by atoms with Crippen LogP contribution in [0.25, 0.3) is 0 Å². The predicted molar refractivity (Wildman–Crippen MR) is 38.5 cm³/mol. The summed E-state index contributed by atoms with van der Waals surface area (Å²) >= 11 is 6.78. The summed E-state index contributed by atoms with van der Waals surface area (Å²) in [7, 11) is -2.99. The van der Waals surface area contributed by atoms with Gasteiger partial charge in [0.25, 0.3) is 0 Å². The van der Waals surface area contributed by atoms with E-state index in [9.17, 15) is 8.42 Å². The molecule has 44 valence electrons. The van der Waals surface area contributed by atoms with Gasteiger partial charge in [-0.1, -0.05) is 11.6 Å². The lowest BCUT2D eigenvalue weighted by Crippen LogP contribution is -2.03. The quantitative estimate of drug-likeness (QED) is 0.516. The van der Waals surface area contributed by atoms with Gasteiger partial charge in [0.15, 0.2) is 12.6 Å². The molecule has 5 heteroatoms. The van der Waals surface area contributed by atoms with Gasteiger partial charge in [-0.15, -0.1) is 0 Å². The molecule has 0 aromatic heterocycles. The van der Waals surface area contributed by atoms with Gasteiger partial charge in [-0.05, 0) is 22.6 Å². The van der Waals surface area contributed by atoms with Crippen molar-refractivity contribution in [3.8, 4) is 0 Å². The van der Waals surface area contributed by atoms with Gasteiger partial charge in [0.2, 0.25) is 0 Å². The molecule has 1 atom stereocenters. The highest BCUT2D eigenvalue weighted by Gasteiger charge is 2.10. The summed E-state index contributed by atoms with van der Waals surface area (Å²) in [6, 6.07) is 0. The van der Waals surface area contributed by atoms with Crippen LogP contribution in [0.4, 0.5) is 0 Å². The van der Waals surface area contributed by atoms with E-state index >= 15 is 0 Å². The molecule has 2 nitrogen and oxygen atoms in total. The van der Waals surface area contributed by atoms with E-state index < -0.39 is 12.6 Å². The van der Waals surface area contributed by atoms with Gasteiger partial charge < -0.3 is 0 Å². The summed E-state index contributed by atoms with van der Waals surface area (Å²) in [6.45, 7) is 0. The maximum Gasteiger partial charge on any atom is 0.185 e. The monoisotopic (exact) mass is 254 g/mol. The maximum atomic E-state index is 10.2. The second-order valence-corrected chi connectivity index (χ2v) is 6.74. The molecule has 0 bridgehead atoms. The lowest BCUT2D eigenvalue weighted by molar-refractivity contribution is 0.605. The van der Waals surface area contributed by atoms with Gasteiger partial charge in [0.1, 0.15) is 0 Å². The van der Waals surface area contributed by atoms with Crippen LogP contribution in [0.15, 0.2) is 0 Å². The highest BCUT2D eigenvalue weighted by Crippen LogP contribution is 2.11. The number of hydrogen-bond donors (Lipinski definition) is 0. The van der Waals surface area contributed by atoms with Gasteiger partial charge in [0.05, 0.1) is 0 Å². The third kappa shape index (κ3) is 3.54. The van der Waals surface area contributed by atoms with Crippen LogP contribution in [-0.2, 0) is 9.84 Å². The average molecular weight is 254 g/mol. The summed E-state index contributed by atoms with van der Waals surface area (Å²) in [5.74, 6) is 0. The van der Waals surface area contributed by atoms with Crippen molar-refractivity contribution in [1.29, 1.82) is 0 Å². The molecule has 0 heterocycles. The van der Waals surface area contributed by atoms with Crippen molar-refractivity contribution in [2.75, 3.05) is 6.26 Å². The fourth-order valence-corrected chi connectivity index (χ4v) is 0. The van der Waals surface area contributed by atoms with E-state index in [0.29, 0.717) is 0 Å². The van der Waals surface area contributed by atoms with E-state index in [1.165, 1.54) is 0 Å². The normalized spacial score (nSPS) is 16.4. The Morgan fingerprint density at radius 1 is 1.71 bits per heavy atom. The fraction of sp³-hybridized carbons (Fsp3) is 1.00. The largest absolute Gasteiger partial charge is 0.227 e. The van der Waals surface area contributed by atoms with E-state index in [1.807, 2.05) is 0 Å². The van der Waals surface area contributed by atoms with Gasteiger partial charge in [-0.3, -0.25) is 0 Å². The molecule has 0 fully saturated rings. The molecule has 0 aromatic carbocycles. The standard InChI is InChI=1S/C2H4ClIO2S/c1-7(5,6)2(3)4/h2H,1H3/t2-/m0/s1. The molecule has 0 aliphatic carbocycles. The number of rotatable bonds is 1. The Morgan fingerprint density at radius 2 is 1.86 bits per heavy atom. The molecule has 0 aliphatic heterocycles. The molecule has 0 aliphatic rings. The Morgan fingerprint density at radius 3 is 1.86 bits per heavy atom. The van der Waals surface area contributed by atoms with Crippen molar-refractivity contribution in [1.82, 2.24) is 0 Å². The Hall–Kier alpha value is 0.970. The first-order chi connectivity index (χ1) is 2.94. The summed E-state index contributed by atoms with van der Waals surface area (Å²) in [6.07, 6.45) is 1.09. The van der Waals surface area contributed by atoms with Crippen LogP contribution in [0, 0.1) is 0 Å². The Balaban J connectivity index is 4.10. The Bertz CT molecular complexity index is 138. The predicted octanol–water partition coefficient (Wildman–Crippen LogP) is 0.988. The topological polar surface area (TPSA) is 34.1 Å². The van der Waals surface area contributed by atoms with E-state index in [1.54, 1.807) is 22.6 Å². The first-order valence-corrected chi connectivity index (χ1v) is 5.05. The number of halogens is 2. The summed E-state index contributed by atoms with van der Waals surface area (Å²) in [4.78, 5) is 0. The third-order valence-corrected chi connectivity index (χ3v) is 4.71. The highest BCUT2D eigenvalue weighted by atomic mass is 127. The minimum Gasteiger partial charge on any atom is -0.227 e. The minimum absolute atomic E-state index is 0.787. The van der Waals surface area contributed by atoms with Gasteiger partial charge in [-0.25, -0.2) is 8.42 Å². The Kier molecular flexibility index (Phi) is 2.85. The molecule has 0 saturated carbocycles. The van der Waals surface area contributed by atoms with Crippen molar-refractivity contribution in [3.05, 3.63) is 0 Å². The summed E-state index contributed by atoms with van der Waals surface area (Å²) < 4.78 is 19.6. The molecule has 7 heavy (non-hydrogen) atoms. The number of alkyl halides is 2. The van der Waals surface area contributed by atoms with Gasteiger partial charge in [0, 0.05) is 6.26 Å². The highest BCUT2D eigenvalue weighted by molar-refractivity contribution is 14.1. The molecule has 0 radical (unpaired) electrons. The van der Waals surface area contributed by atoms with Gasteiger partial charge in [-0.2, -0.15) is 0 Å². The zero-order valence-corrected chi connectivity index (χ0v) is 7.29. The minimum atomic E-state index is -2.99. The molecule has 0 unspecified atom stereocenters. The summed E-state index contributed by atoms with van der Waals surface area (Å²) in [5.41, 5.74) is 0. The maximum absolute atomic E-state index is 10.2. The first-order valence-electron chi connectivity index (χ1n) is 1.41. The molecular weight excluding hydrogens is 250 g/mol. The molecule has 0 N–H and O–H groups in total. The van der Waals surface area contributed by atoms with Crippen LogP contribution in [0.1, 0.15) is 0 Å². The van der Waals surface area contributed by atoms with Crippen molar-refractivity contribution in [2.24, 2.45) is 0 Å². The average Bonchev–Trinajstić information content (AvgIpc) is 1.31. The van der Waals surface area contributed by atoms with Crippen LogP contribution < -0.4 is 0 Å². The molecule has 0 aromatic rings. The Labute approximate surface area is 61.3 Å². The van der Waals surface area contributed by atoms with E-state index in [-0.39, 0.29) is 0 Å². The number of sulfone groups is 1. The SMILES string of the molecule is CS(=O)(=O)[C@@H](Cl)I. The van der Waals surface area contributed by atoms with E-state index in [2.05, 4.69) is 0 Å². The molecule has 0 amide bonds. The third-order valence-electron chi connectivity index (χ3n) is 0.324. The van der Waals surface area contributed by atoms with Gasteiger partial charge >= 0.3 is 0 Å². The van der Waals surface area contributed by atoms with E-state index in [0.717, 1.165) is 6.26 Å². The van der Waals surface area contributed by atoms with Crippen molar-refractivity contribution >= 4 is 44.0 Å². The van der Waals surface area contributed by atoms with Crippen LogP contribution >= 0.6 is 34.2 Å². The van der Waals surface area contributed by atoms with Crippen molar-refractivity contribution < 1.29 is 8.42 Å². The van der Waals surface area contributed by atoms with E-state index in [4.69, 9.17) is 11.6 Å². The fourth-order valence-electron chi connectivity index (χ4n) is 0. The lowest BCUT2D eigenvalue weighted by atomic mass is 11.9. The van der Waals surface area contributed by atoms with Crippen LogP contribution in [0.3, 0.4) is 0 Å². The molecule has 0 rings (SSSR count). The van der Waals surface area contributed by atoms with Crippen LogP contribution in [0.5, 0.6) is 0 Å². The smallest absolute Gasteiger partial charge is 0.185 e. The molecule has 0 spiro atoms. The second-order valence-electron chi connectivity index (χ2n) is 1.09. The second kappa shape index (κ2) is 2.50. The van der Waals surface area contributed by atoms with Crippen molar-refractivity contribution in [2.45, 2.75) is 2.72 Å². The first kappa shape index (κ1) is 7.97. The lowest BCUT2D eigenvalue weighted by Gasteiger charge is -1.91. The van der Waals surface area contributed by atoms with Crippen molar-refractivity contribution in [3.63, 3.8) is 0 Å². The summed E-state index contributed by atoms with van der Waals surface area (Å²) in [5, 5.41) is 0. The zero-order chi connectivity index (χ0) is 6.08. The van der Waals surface area contributed by atoms with Crippen LogP contribution in [-0.4, -0.2) is 17.4 Å². The molecular formula is C2H4ClIO2S. The number of hydrogen-bond acceptors (Lipinski definition) is 2.